The van der Waals surface area contributed by atoms with Gasteiger partial charge < -0.3 is 9.68 Å². The first-order valence-electron chi connectivity index (χ1n) is 14.7. The first kappa shape index (κ1) is 30.0. The smallest absolute Gasteiger partial charge is 0.264 e. The molecule has 0 fully saturated rings. The second kappa shape index (κ2) is 13.7. The van der Waals surface area contributed by atoms with Crippen molar-refractivity contribution in [3.05, 3.63) is 131 Å². The van der Waals surface area contributed by atoms with E-state index in [0.717, 1.165) is 46.9 Å². The topological polar surface area (TPSA) is 126 Å². The summed E-state index contributed by atoms with van der Waals surface area (Å²) in [6.07, 6.45) is 12.9. The highest BCUT2D eigenvalue weighted by atomic mass is 16.6. The van der Waals surface area contributed by atoms with Crippen LogP contribution in [-0.4, -0.2) is 59.3 Å². The lowest BCUT2D eigenvalue weighted by Gasteiger charge is -2.11. The van der Waals surface area contributed by atoms with Gasteiger partial charge >= 0.3 is 0 Å². The van der Waals surface area contributed by atoms with Crippen LogP contribution >= 0.6 is 0 Å². The molecule has 4 heterocycles. The molecule has 2 aliphatic heterocycles. The number of rotatable bonds is 13. The summed E-state index contributed by atoms with van der Waals surface area (Å²) in [5.74, 6) is -1.54. The number of amides is 4. The van der Waals surface area contributed by atoms with E-state index < -0.39 is 0 Å². The number of pyridine rings is 2. The van der Waals surface area contributed by atoms with E-state index in [-0.39, 0.29) is 37.1 Å². The lowest BCUT2D eigenvalue weighted by molar-refractivity contribution is -0.708. The molecule has 2 aliphatic rings. The SMILES string of the molecule is O=C1c2ccccc2C(=O)N1CO/N=C/c1cc[n+](CCCC[n+]2ccc(/C=N/OCN3C(=O)c4ccccc4C3=O)cc2)cc1. The van der Waals surface area contributed by atoms with Crippen molar-refractivity contribution < 1.29 is 38.0 Å². The standard InChI is InChI=1S/C34H30N6O6/c41-31-27-7-1-2-8-28(27)32(42)39(31)23-45-35-21-25-11-17-37(18-12-25)15-5-6-16-38-19-13-26(14-20-38)22-36-46-24-40-33(43)29-9-3-4-10-30(29)34(40)44/h1-4,7-14,17-22H,5-6,15-16,23-24H2/q+2/b35-21+,36-22+. The van der Waals surface area contributed by atoms with Crippen LogP contribution in [0, 0.1) is 0 Å². The maximum Gasteiger partial charge on any atom is 0.264 e. The molecule has 230 valence electrons. The molecule has 46 heavy (non-hydrogen) atoms. The zero-order valence-electron chi connectivity index (χ0n) is 24.8. The molecule has 0 spiro atoms. The van der Waals surface area contributed by atoms with E-state index in [1.807, 2.05) is 49.1 Å². The number of nitrogens with zero attached hydrogens (tertiary/aromatic N) is 6. The number of carbonyl (C=O) groups is 4. The fraction of sp³-hybridized carbons (Fsp3) is 0.176. The van der Waals surface area contributed by atoms with Crippen molar-refractivity contribution in [1.82, 2.24) is 9.80 Å². The number of benzene rings is 2. The normalized spacial score (nSPS) is 14.1. The van der Waals surface area contributed by atoms with Crippen LogP contribution < -0.4 is 9.13 Å². The Morgan fingerprint density at radius 3 is 1.17 bits per heavy atom. The largest absolute Gasteiger partial charge is 0.373 e. The van der Waals surface area contributed by atoms with Gasteiger partial charge in [-0.1, -0.05) is 34.6 Å². The zero-order valence-corrected chi connectivity index (χ0v) is 24.8. The number of carbonyl (C=O) groups excluding carboxylic acids is 4. The maximum absolute atomic E-state index is 12.4. The number of hydrogen-bond acceptors (Lipinski definition) is 8. The summed E-state index contributed by atoms with van der Waals surface area (Å²) < 4.78 is 4.17. The van der Waals surface area contributed by atoms with Gasteiger partial charge in [-0.2, -0.15) is 0 Å². The van der Waals surface area contributed by atoms with E-state index in [1.54, 1.807) is 48.5 Å². The summed E-state index contributed by atoms with van der Waals surface area (Å²) in [5.41, 5.74) is 3.15. The van der Waals surface area contributed by atoms with Gasteiger partial charge in [0.15, 0.2) is 38.2 Å². The quantitative estimate of drug-likeness (QED) is 0.0746. The summed E-state index contributed by atoms with van der Waals surface area (Å²) in [4.78, 5) is 62.0. The molecule has 2 aromatic heterocycles. The van der Waals surface area contributed by atoms with Gasteiger partial charge in [0.1, 0.15) is 13.1 Å². The zero-order chi connectivity index (χ0) is 31.9. The fourth-order valence-electron chi connectivity index (χ4n) is 5.09. The molecule has 0 unspecified atom stereocenters. The minimum atomic E-state index is -0.386. The van der Waals surface area contributed by atoms with E-state index in [0.29, 0.717) is 22.3 Å². The second-order valence-corrected chi connectivity index (χ2v) is 10.6. The summed E-state index contributed by atoms with van der Waals surface area (Å²) in [7, 11) is 0. The monoisotopic (exact) mass is 618 g/mol. The van der Waals surface area contributed by atoms with Crippen molar-refractivity contribution in [3.63, 3.8) is 0 Å². The summed E-state index contributed by atoms with van der Waals surface area (Å²) >= 11 is 0. The Morgan fingerprint density at radius 2 is 0.848 bits per heavy atom. The van der Waals surface area contributed by atoms with E-state index in [2.05, 4.69) is 19.4 Å². The first-order valence-corrected chi connectivity index (χ1v) is 14.7. The highest BCUT2D eigenvalue weighted by Gasteiger charge is 2.36. The minimum absolute atomic E-state index is 0.250. The third-order valence-corrected chi connectivity index (χ3v) is 7.60. The number of aromatic nitrogens is 2. The Kier molecular flexibility index (Phi) is 8.95. The fourth-order valence-corrected chi connectivity index (χ4v) is 5.09. The van der Waals surface area contributed by atoms with Gasteiger partial charge in [-0.05, 0) is 24.3 Å². The Bertz CT molecular complexity index is 1630. The molecule has 0 saturated carbocycles. The molecule has 0 aliphatic carbocycles. The average molecular weight is 619 g/mol. The lowest BCUT2D eigenvalue weighted by Crippen LogP contribution is -2.35. The summed E-state index contributed by atoms with van der Waals surface area (Å²) in [5, 5.41) is 7.81. The molecule has 2 aromatic carbocycles. The van der Waals surface area contributed by atoms with Crippen LogP contribution in [0.15, 0.2) is 108 Å². The number of hydrogen-bond donors (Lipinski definition) is 0. The average Bonchev–Trinajstić information content (AvgIpc) is 3.48. The maximum atomic E-state index is 12.4. The lowest BCUT2D eigenvalue weighted by atomic mass is 10.1. The molecule has 0 saturated heterocycles. The molecule has 0 bridgehead atoms. The highest BCUT2D eigenvalue weighted by Crippen LogP contribution is 2.23. The minimum Gasteiger partial charge on any atom is -0.373 e. The van der Waals surface area contributed by atoms with E-state index >= 15 is 0 Å². The number of aryl methyl sites for hydroxylation is 2. The molecule has 0 radical (unpaired) electrons. The summed E-state index contributed by atoms with van der Waals surface area (Å²) in [6.45, 7) is 1.20. The van der Waals surface area contributed by atoms with Crippen LogP contribution in [0.5, 0.6) is 0 Å². The number of unbranched alkanes of at least 4 members (excludes halogenated alkanes) is 1. The first-order chi connectivity index (χ1) is 22.5. The van der Waals surface area contributed by atoms with Gasteiger partial charge in [0, 0.05) is 48.2 Å². The molecule has 12 heteroatoms. The van der Waals surface area contributed by atoms with Crippen molar-refractivity contribution in [2.75, 3.05) is 13.5 Å². The van der Waals surface area contributed by atoms with Crippen LogP contribution in [-0.2, 0) is 22.8 Å². The third kappa shape index (κ3) is 6.55. The molecule has 12 nitrogen and oxygen atoms in total. The molecule has 0 atom stereocenters. The molecule has 0 N–H and O–H groups in total. The number of fused-ring (bicyclic) bond motifs is 2. The second-order valence-electron chi connectivity index (χ2n) is 10.6. The van der Waals surface area contributed by atoms with Crippen molar-refractivity contribution in [2.24, 2.45) is 10.3 Å². The van der Waals surface area contributed by atoms with Crippen molar-refractivity contribution in [2.45, 2.75) is 25.9 Å². The Labute approximate surface area is 264 Å². The summed E-state index contributed by atoms with van der Waals surface area (Å²) in [6, 6.07) is 21.0. The van der Waals surface area contributed by atoms with Gasteiger partial charge in [-0.3, -0.25) is 19.2 Å². The van der Waals surface area contributed by atoms with Gasteiger partial charge in [0.25, 0.3) is 23.6 Å². The molecule has 4 aromatic rings. The predicted molar refractivity (Wildman–Crippen MR) is 163 cm³/mol. The van der Waals surface area contributed by atoms with Gasteiger partial charge in [-0.15, -0.1) is 0 Å². The molecule has 6 rings (SSSR count). The third-order valence-electron chi connectivity index (χ3n) is 7.60. The van der Waals surface area contributed by atoms with Crippen LogP contribution in [0.25, 0.3) is 0 Å². The predicted octanol–water partition coefficient (Wildman–Crippen LogP) is 2.95. The van der Waals surface area contributed by atoms with Gasteiger partial charge in [0.2, 0.25) is 0 Å². The van der Waals surface area contributed by atoms with Crippen LogP contribution in [0.4, 0.5) is 0 Å². The van der Waals surface area contributed by atoms with Crippen molar-refractivity contribution >= 4 is 36.1 Å². The van der Waals surface area contributed by atoms with Crippen LogP contribution in [0.1, 0.15) is 65.4 Å². The molecular formula is C34H30N6O6+2. The Hall–Kier alpha value is -6.04. The number of imide groups is 2. The Balaban J connectivity index is 0.872. The van der Waals surface area contributed by atoms with Crippen LogP contribution in [0.2, 0.25) is 0 Å². The van der Waals surface area contributed by atoms with Gasteiger partial charge in [-0.25, -0.2) is 18.9 Å². The van der Waals surface area contributed by atoms with Gasteiger partial charge in [0.05, 0.1) is 34.7 Å². The molecule has 4 amide bonds. The van der Waals surface area contributed by atoms with Crippen LogP contribution in [0.3, 0.4) is 0 Å². The van der Waals surface area contributed by atoms with E-state index in [1.165, 1.54) is 12.4 Å². The molecular weight excluding hydrogens is 588 g/mol. The highest BCUT2D eigenvalue weighted by molar-refractivity contribution is 6.21. The van der Waals surface area contributed by atoms with Crippen molar-refractivity contribution in [3.8, 4) is 0 Å². The van der Waals surface area contributed by atoms with E-state index in [9.17, 15) is 19.2 Å². The van der Waals surface area contributed by atoms with Crippen molar-refractivity contribution in [1.29, 1.82) is 0 Å². The number of oxime groups is 2. The van der Waals surface area contributed by atoms with E-state index in [4.69, 9.17) is 9.68 Å². The Morgan fingerprint density at radius 1 is 0.522 bits per heavy atom.